The van der Waals surface area contributed by atoms with Gasteiger partial charge in [0, 0.05) is 18.2 Å². The van der Waals surface area contributed by atoms with Crippen LogP contribution in [0.1, 0.15) is 28.8 Å². The maximum atomic E-state index is 11.8. The Kier molecular flexibility index (Phi) is 3.99. The van der Waals surface area contributed by atoms with Crippen molar-refractivity contribution >= 4 is 11.7 Å². The van der Waals surface area contributed by atoms with Crippen LogP contribution in [0.2, 0.25) is 0 Å². The molecule has 0 fully saturated rings. The lowest BCUT2D eigenvalue weighted by Crippen LogP contribution is -2.25. The van der Waals surface area contributed by atoms with E-state index in [4.69, 9.17) is 9.57 Å². The van der Waals surface area contributed by atoms with Crippen molar-refractivity contribution in [1.29, 1.82) is 0 Å². The second kappa shape index (κ2) is 5.69. The molecule has 0 unspecified atom stereocenters. The molecular weight excluding hydrogens is 230 g/mol. The van der Waals surface area contributed by atoms with Crippen LogP contribution in [0, 0.1) is 0 Å². The lowest BCUT2D eigenvalue weighted by molar-refractivity contribution is -0.0756. The summed E-state index contributed by atoms with van der Waals surface area (Å²) >= 11 is 0. The van der Waals surface area contributed by atoms with Crippen molar-refractivity contribution in [2.45, 2.75) is 12.8 Å². The molecule has 0 aromatic heterocycles. The number of ether oxygens (including phenoxy) is 1. The fourth-order valence-corrected chi connectivity index (χ4v) is 1.80. The molecular formula is C14H17NO3. The summed E-state index contributed by atoms with van der Waals surface area (Å²) < 4.78 is 5.57. The molecule has 1 aromatic carbocycles. The lowest BCUT2D eigenvalue weighted by Gasteiger charge is -2.16. The summed E-state index contributed by atoms with van der Waals surface area (Å²) in [6, 6.07) is 7.36. The number of carbonyl (C=O) groups is 1. The summed E-state index contributed by atoms with van der Waals surface area (Å²) in [5.74, 6) is 0.739. The lowest BCUT2D eigenvalue weighted by atomic mass is 10.1. The van der Waals surface area contributed by atoms with Crippen molar-refractivity contribution < 1.29 is 14.4 Å². The predicted molar refractivity (Wildman–Crippen MR) is 68.7 cm³/mol. The van der Waals surface area contributed by atoms with E-state index in [1.54, 1.807) is 19.2 Å². The summed E-state index contributed by atoms with van der Waals surface area (Å²) in [6.07, 6.45) is 4.20. The second-order valence-electron chi connectivity index (χ2n) is 4.12. The van der Waals surface area contributed by atoms with Crippen LogP contribution in [0.15, 0.2) is 30.3 Å². The fourth-order valence-electron chi connectivity index (χ4n) is 1.80. The zero-order valence-electron chi connectivity index (χ0n) is 10.7. The number of hydrogen-bond donors (Lipinski definition) is 0. The van der Waals surface area contributed by atoms with E-state index in [9.17, 15) is 4.79 Å². The summed E-state index contributed by atoms with van der Waals surface area (Å²) in [5, 5.41) is 1.20. The predicted octanol–water partition coefficient (Wildman–Crippen LogP) is 2.47. The third-order valence-electron chi connectivity index (χ3n) is 2.91. The number of hydrogen-bond acceptors (Lipinski definition) is 3. The number of carbonyl (C=O) groups excluding carboxylic acids is 1. The van der Waals surface area contributed by atoms with Crippen molar-refractivity contribution in [3.8, 4) is 0 Å². The Morgan fingerprint density at radius 1 is 1.33 bits per heavy atom. The van der Waals surface area contributed by atoms with Crippen molar-refractivity contribution in [1.82, 2.24) is 5.06 Å². The van der Waals surface area contributed by atoms with Gasteiger partial charge in [0.05, 0.1) is 13.7 Å². The zero-order valence-corrected chi connectivity index (χ0v) is 10.7. The molecule has 0 atom stereocenters. The topological polar surface area (TPSA) is 38.8 Å². The normalized spacial score (nSPS) is 14.7. The van der Waals surface area contributed by atoms with Crippen molar-refractivity contribution in [3.63, 3.8) is 0 Å². The van der Waals surface area contributed by atoms with Crippen LogP contribution < -0.4 is 0 Å². The maximum absolute atomic E-state index is 11.8. The Labute approximate surface area is 107 Å². The fraction of sp³-hybridized carbons (Fsp3) is 0.357. The van der Waals surface area contributed by atoms with E-state index in [-0.39, 0.29) is 5.91 Å². The van der Waals surface area contributed by atoms with Gasteiger partial charge in [-0.15, -0.1) is 0 Å². The third-order valence-corrected chi connectivity index (χ3v) is 2.91. The number of benzene rings is 1. The smallest absolute Gasteiger partial charge is 0.277 e. The highest BCUT2D eigenvalue weighted by molar-refractivity contribution is 5.93. The Morgan fingerprint density at radius 3 is 2.61 bits per heavy atom. The van der Waals surface area contributed by atoms with Gasteiger partial charge in [0.2, 0.25) is 0 Å². The van der Waals surface area contributed by atoms with E-state index < -0.39 is 0 Å². The summed E-state index contributed by atoms with van der Waals surface area (Å²) in [7, 11) is 3.05. The molecule has 1 aliphatic heterocycles. The minimum atomic E-state index is -0.164. The molecule has 0 saturated carbocycles. The Hall–Kier alpha value is -1.81. The molecule has 1 heterocycles. The molecule has 4 heteroatoms. The number of amides is 1. The molecule has 0 N–H and O–H groups in total. The van der Waals surface area contributed by atoms with Crippen LogP contribution in [0.4, 0.5) is 0 Å². The Morgan fingerprint density at radius 2 is 2.06 bits per heavy atom. The maximum Gasteiger partial charge on any atom is 0.277 e. The van der Waals surface area contributed by atoms with Crippen LogP contribution in [-0.4, -0.2) is 31.7 Å². The van der Waals surface area contributed by atoms with Crippen LogP contribution in [0.25, 0.3) is 5.76 Å². The molecule has 96 valence electrons. The summed E-state index contributed by atoms with van der Waals surface area (Å²) in [4.78, 5) is 16.7. The van der Waals surface area contributed by atoms with E-state index in [0.29, 0.717) is 5.56 Å². The van der Waals surface area contributed by atoms with Gasteiger partial charge in [-0.1, -0.05) is 12.1 Å². The Balaban J connectivity index is 2.14. The average molecular weight is 247 g/mol. The molecule has 4 nitrogen and oxygen atoms in total. The van der Waals surface area contributed by atoms with Crippen molar-refractivity contribution in [2.75, 3.05) is 20.8 Å². The van der Waals surface area contributed by atoms with Gasteiger partial charge >= 0.3 is 0 Å². The second-order valence-corrected chi connectivity index (χ2v) is 4.12. The Bertz CT molecular complexity index is 451. The van der Waals surface area contributed by atoms with E-state index in [1.165, 1.54) is 12.2 Å². The van der Waals surface area contributed by atoms with Crippen molar-refractivity contribution in [3.05, 3.63) is 41.5 Å². The number of hydroxylamine groups is 2. The van der Waals surface area contributed by atoms with Gasteiger partial charge < -0.3 is 4.74 Å². The highest BCUT2D eigenvalue weighted by atomic mass is 16.7. The average Bonchev–Trinajstić information content (AvgIpc) is 2.47. The van der Waals surface area contributed by atoms with E-state index in [1.807, 2.05) is 12.1 Å². The SMILES string of the molecule is CON(C)C(=O)c1ccc(C2=CCCCO2)cc1. The first kappa shape index (κ1) is 12.6. The molecule has 1 amide bonds. The minimum Gasteiger partial charge on any atom is -0.493 e. The van der Waals surface area contributed by atoms with Gasteiger partial charge in [-0.3, -0.25) is 9.63 Å². The monoisotopic (exact) mass is 247 g/mol. The molecule has 0 bridgehead atoms. The summed E-state index contributed by atoms with van der Waals surface area (Å²) in [5.41, 5.74) is 1.60. The standard InChI is InChI=1S/C14H17NO3/c1-15(17-2)14(16)12-8-6-11(7-9-12)13-5-3-4-10-18-13/h5-9H,3-4,10H2,1-2H3. The molecule has 18 heavy (non-hydrogen) atoms. The summed E-state index contributed by atoms with van der Waals surface area (Å²) in [6.45, 7) is 0.763. The van der Waals surface area contributed by atoms with E-state index in [2.05, 4.69) is 6.08 Å². The molecule has 1 aromatic rings. The van der Waals surface area contributed by atoms with Gasteiger partial charge in [-0.05, 0) is 31.1 Å². The quantitative estimate of drug-likeness (QED) is 0.770. The number of allylic oxidation sites excluding steroid dienone is 1. The van der Waals surface area contributed by atoms with E-state index >= 15 is 0 Å². The number of nitrogens with zero attached hydrogens (tertiary/aromatic N) is 1. The van der Waals surface area contributed by atoms with Crippen LogP contribution >= 0.6 is 0 Å². The molecule has 0 spiro atoms. The van der Waals surface area contributed by atoms with Gasteiger partial charge in [-0.25, -0.2) is 5.06 Å². The highest BCUT2D eigenvalue weighted by Crippen LogP contribution is 2.21. The van der Waals surface area contributed by atoms with Crippen LogP contribution in [0.3, 0.4) is 0 Å². The molecule has 0 saturated heterocycles. The third kappa shape index (κ3) is 2.71. The van der Waals surface area contributed by atoms with Crippen LogP contribution in [0.5, 0.6) is 0 Å². The largest absolute Gasteiger partial charge is 0.493 e. The first-order valence-electron chi connectivity index (χ1n) is 5.98. The molecule has 2 rings (SSSR count). The van der Waals surface area contributed by atoms with Gasteiger partial charge in [0.25, 0.3) is 5.91 Å². The van der Waals surface area contributed by atoms with Gasteiger partial charge in [0.1, 0.15) is 5.76 Å². The molecule has 0 aliphatic carbocycles. The van der Waals surface area contributed by atoms with Gasteiger partial charge in [-0.2, -0.15) is 0 Å². The van der Waals surface area contributed by atoms with Crippen molar-refractivity contribution in [2.24, 2.45) is 0 Å². The first-order valence-corrected chi connectivity index (χ1v) is 5.98. The minimum absolute atomic E-state index is 0.164. The molecule has 0 radical (unpaired) electrons. The molecule has 1 aliphatic rings. The van der Waals surface area contributed by atoms with Crippen LogP contribution in [-0.2, 0) is 9.57 Å². The first-order chi connectivity index (χ1) is 8.72. The van der Waals surface area contributed by atoms with E-state index in [0.717, 1.165) is 30.8 Å². The highest BCUT2D eigenvalue weighted by Gasteiger charge is 2.12. The van der Waals surface area contributed by atoms with Gasteiger partial charge in [0.15, 0.2) is 0 Å². The zero-order chi connectivity index (χ0) is 13.0. The number of rotatable bonds is 3.